The average molecular weight is 311 g/mol. The Hall–Kier alpha value is -1.40. The molecule has 5 nitrogen and oxygen atoms in total. The van der Waals surface area contributed by atoms with Crippen molar-refractivity contribution in [1.82, 2.24) is 4.72 Å². The van der Waals surface area contributed by atoms with Gasteiger partial charge in [-0.15, -0.1) is 0 Å². The second-order valence-corrected chi connectivity index (χ2v) is 7.64. The number of hydrogen-bond donors (Lipinski definition) is 2. The van der Waals surface area contributed by atoms with Crippen LogP contribution in [0, 0.1) is 5.92 Å². The number of nitrogens with one attached hydrogen (secondary N) is 1. The molecule has 0 spiro atoms. The van der Waals surface area contributed by atoms with Crippen molar-refractivity contribution in [3.05, 3.63) is 35.9 Å². The molecule has 1 aliphatic rings. The van der Waals surface area contributed by atoms with E-state index in [2.05, 4.69) is 11.6 Å². The number of sulfonamides is 1. The van der Waals surface area contributed by atoms with E-state index in [-0.39, 0.29) is 5.75 Å². The number of aliphatic carboxylic acids is 1. The molecule has 0 aliphatic heterocycles. The third-order valence-corrected chi connectivity index (χ3v) is 5.50. The second-order valence-electron chi connectivity index (χ2n) is 5.92. The van der Waals surface area contributed by atoms with E-state index in [4.69, 9.17) is 0 Å². The zero-order valence-electron chi connectivity index (χ0n) is 12.1. The van der Waals surface area contributed by atoms with Gasteiger partial charge in [-0.3, -0.25) is 4.79 Å². The zero-order chi connectivity index (χ0) is 15.5. The van der Waals surface area contributed by atoms with Crippen LogP contribution in [-0.4, -0.2) is 25.0 Å². The molecule has 116 valence electrons. The molecule has 1 saturated carbocycles. The van der Waals surface area contributed by atoms with Crippen molar-refractivity contribution in [3.8, 4) is 0 Å². The molecule has 0 amide bonds. The SMILES string of the molecule is CC1CCC(NS(=O)(=O)Cc2ccccc2)(C(=O)O)CC1. The smallest absolute Gasteiger partial charge is 0.324 e. The highest BCUT2D eigenvalue weighted by Gasteiger charge is 2.44. The van der Waals surface area contributed by atoms with Gasteiger partial charge >= 0.3 is 5.97 Å². The van der Waals surface area contributed by atoms with Crippen LogP contribution in [0.3, 0.4) is 0 Å². The number of rotatable bonds is 5. The van der Waals surface area contributed by atoms with E-state index in [0.29, 0.717) is 24.3 Å². The van der Waals surface area contributed by atoms with Crippen molar-refractivity contribution in [3.63, 3.8) is 0 Å². The molecule has 0 aromatic heterocycles. The van der Waals surface area contributed by atoms with Crippen molar-refractivity contribution >= 4 is 16.0 Å². The molecular formula is C15H21NO4S. The number of carboxylic acid groups (broad SMARTS) is 1. The van der Waals surface area contributed by atoms with Gasteiger partial charge in [0.2, 0.25) is 10.0 Å². The molecule has 0 radical (unpaired) electrons. The minimum absolute atomic E-state index is 0.196. The lowest BCUT2D eigenvalue weighted by Crippen LogP contribution is -2.56. The Balaban J connectivity index is 2.15. The van der Waals surface area contributed by atoms with Gasteiger partial charge in [-0.05, 0) is 37.2 Å². The fraction of sp³-hybridized carbons (Fsp3) is 0.533. The molecule has 2 rings (SSSR count). The Labute approximate surface area is 125 Å². The number of hydrogen-bond acceptors (Lipinski definition) is 3. The fourth-order valence-corrected chi connectivity index (χ4v) is 4.33. The molecule has 0 bridgehead atoms. The van der Waals surface area contributed by atoms with E-state index >= 15 is 0 Å². The van der Waals surface area contributed by atoms with Crippen molar-refractivity contribution < 1.29 is 18.3 Å². The fourth-order valence-electron chi connectivity index (χ4n) is 2.74. The van der Waals surface area contributed by atoms with E-state index < -0.39 is 21.5 Å². The van der Waals surface area contributed by atoms with Gasteiger partial charge in [-0.25, -0.2) is 8.42 Å². The molecule has 0 heterocycles. The normalized spacial score (nSPS) is 26.4. The molecule has 6 heteroatoms. The van der Waals surface area contributed by atoms with Gasteiger partial charge in [-0.1, -0.05) is 37.3 Å². The summed E-state index contributed by atoms with van der Waals surface area (Å²) in [6.07, 6.45) is 2.13. The number of carboxylic acids is 1. The van der Waals surface area contributed by atoms with E-state index in [1.165, 1.54) is 0 Å². The largest absolute Gasteiger partial charge is 0.480 e. The van der Waals surface area contributed by atoms with E-state index in [1.807, 2.05) is 6.07 Å². The van der Waals surface area contributed by atoms with Crippen LogP contribution in [-0.2, 0) is 20.6 Å². The van der Waals surface area contributed by atoms with Crippen molar-refractivity contribution in [2.24, 2.45) is 5.92 Å². The summed E-state index contributed by atoms with van der Waals surface area (Å²) in [4.78, 5) is 11.6. The summed E-state index contributed by atoms with van der Waals surface area (Å²) in [6, 6.07) is 8.77. The molecule has 0 atom stereocenters. The minimum atomic E-state index is -3.69. The van der Waals surface area contributed by atoms with Crippen LogP contribution in [0.2, 0.25) is 0 Å². The third-order valence-electron chi connectivity index (χ3n) is 4.09. The maximum atomic E-state index is 12.3. The van der Waals surface area contributed by atoms with Crippen LogP contribution in [0.5, 0.6) is 0 Å². The summed E-state index contributed by atoms with van der Waals surface area (Å²) >= 11 is 0. The summed E-state index contributed by atoms with van der Waals surface area (Å²) < 4.78 is 27.0. The quantitative estimate of drug-likeness (QED) is 0.872. The van der Waals surface area contributed by atoms with Crippen LogP contribution in [0.15, 0.2) is 30.3 Å². The molecule has 1 aliphatic carbocycles. The Kier molecular flexibility index (Phi) is 4.68. The summed E-state index contributed by atoms with van der Waals surface area (Å²) in [7, 11) is -3.69. The zero-order valence-corrected chi connectivity index (χ0v) is 12.9. The predicted octanol–water partition coefficient (Wildman–Crippen LogP) is 2.14. The highest BCUT2D eigenvalue weighted by Crippen LogP contribution is 2.33. The first-order valence-corrected chi connectivity index (χ1v) is 8.77. The highest BCUT2D eigenvalue weighted by atomic mass is 32.2. The lowest BCUT2D eigenvalue weighted by molar-refractivity contribution is -0.145. The average Bonchev–Trinajstić information content (AvgIpc) is 2.41. The van der Waals surface area contributed by atoms with Crippen LogP contribution in [0.25, 0.3) is 0 Å². The van der Waals surface area contributed by atoms with Crippen molar-refractivity contribution in [2.45, 2.75) is 43.9 Å². The maximum Gasteiger partial charge on any atom is 0.324 e. The first-order chi connectivity index (χ1) is 9.83. The van der Waals surface area contributed by atoms with E-state index in [9.17, 15) is 18.3 Å². The molecule has 0 unspecified atom stereocenters. The molecule has 1 aromatic carbocycles. The van der Waals surface area contributed by atoms with Gasteiger partial charge in [0.1, 0.15) is 5.54 Å². The summed E-state index contributed by atoms with van der Waals surface area (Å²) in [6.45, 7) is 2.06. The topological polar surface area (TPSA) is 83.5 Å². The van der Waals surface area contributed by atoms with Gasteiger partial charge in [0.15, 0.2) is 0 Å². The van der Waals surface area contributed by atoms with Gasteiger partial charge in [0.25, 0.3) is 0 Å². The van der Waals surface area contributed by atoms with Crippen LogP contribution in [0.1, 0.15) is 38.2 Å². The monoisotopic (exact) mass is 311 g/mol. The van der Waals surface area contributed by atoms with Crippen molar-refractivity contribution in [1.29, 1.82) is 0 Å². The van der Waals surface area contributed by atoms with Crippen LogP contribution in [0.4, 0.5) is 0 Å². The van der Waals surface area contributed by atoms with Crippen LogP contribution < -0.4 is 4.72 Å². The molecule has 1 aromatic rings. The Morgan fingerprint density at radius 1 is 1.29 bits per heavy atom. The van der Waals surface area contributed by atoms with E-state index in [1.54, 1.807) is 24.3 Å². The van der Waals surface area contributed by atoms with Gasteiger partial charge in [0, 0.05) is 0 Å². The van der Waals surface area contributed by atoms with Gasteiger partial charge < -0.3 is 5.11 Å². The highest BCUT2D eigenvalue weighted by molar-refractivity contribution is 7.88. The summed E-state index contributed by atoms with van der Waals surface area (Å²) in [5, 5.41) is 9.48. The first-order valence-electron chi connectivity index (χ1n) is 7.12. The standard InChI is InChI=1S/C15H21NO4S/c1-12-7-9-15(10-8-12,14(17)18)16-21(19,20)11-13-5-3-2-4-6-13/h2-6,12,16H,7-11H2,1H3,(H,17,18). The predicted molar refractivity (Wildman–Crippen MR) is 80.2 cm³/mol. The number of benzene rings is 1. The third kappa shape index (κ3) is 4.04. The van der Waals surface area contributed by atoms with E-state index in [0.717, 1.165) is 12.8 Å². The molecule has 0 saturated heterocycles. The summed E-state index contributed by atoms with van der Waals surface area (Å²) in [5.74, 6) is -0.833. The Bertz CT molecular complexity index is 589. The van der Waals surface area contributed by atoms with Gasteiger partial charge in [0.05, 0.1) is 5.75 Å². The Morgan fingerprint density at radius 3 is 2.38 bits per heavy atom. The van der Waals surface area contributed by atoms with Crippen LogP contribution >= 0.6 is 0 Å². The summed E-state index contributed by atoms with van der Waals surface area (Å²) in [5.41, 5.74) is -0.699. The Morgan fingerprint density at radius 2 is 1.86 bits per heavy atom. The molecular weight excluding hydrogens is 290 g/mol. The lowest BCUT2D eigenvalue weighted by atomic mass is 9.78. The minimum Gasteiger partial charge on any atom is -0.480 e. The molecule has 21 heavy (non-hydrogen) atoms. The van der Waals surface area contributed by atoms with Crippen molar-refractivity contribution in [2.75, 3.05) is 0 Å². The maximum absolute atomic E-state index is 12.3. The second kappa shape index (κ2) is 6.15. The molecule has 1 fully saturated rings. The van der Waals surface area contributed by atoms with Gasteiger partial charge in [-0.2, -0.15) is 4.72 Å². The first kappa shape index (κ1) is 16.0. The molecule has 2 N–H and O–H groups in total. The lowest BCUT2D eigenvalue weighted by Gasteiger charge is -2.36. The number of carbonyl (C=O) groups is 1.